The maximum absolute atomic E-state index is 11.8. The summed E-state index contributed by atoms with van der Waals surface area (Å²) in [6.07, 6.45) is 1.21. The third kappa shape index (κ3) is 3.52. The van der Waals surface area contributed by atoms with E-state index in [1.807, 2.05) is 26.0 Å². The van der Waals surface area contributed by atoms with Crippen molar-refractivity contribution in [2.24, 2.45) is 0 Å². The molecule has 0 N–H and O–H groups in total. The summed E-state index contributed by atoms with van der Waals surface area (Å²) in [6.45, 7) is 7.65. The van der Waals surface area contributed by atoms with Crippen molar-refractivity contribution < 1.29 is 4.79 Å². The van der Waals surface area contributed by atoms with Gasteiger partial charge in [0.05, 0.1) is 5.02 Å². The lowest BCUT2D eigenvalue weighted by molar-refractivity contribution is 0.0983. The predicted molar refractivity (Wildman–Crippen MR) is 64.6 cm³/mol. The number of benzene rings is 1. The molecule has 0 aromatic heterocycles. The smallest absolute Gasteiger partial charge is 0.164 e. The Bertz CT molecular complexity index is 394. The van der Waals surface area contributed by atoms with Gasteiger partial charge < -0.3 is 0 Å². The number of ketones is 1. The maximum atomic E-state index is 11.8. The number of carbonyl (C=O) groups is 1. The molecule has 1 nitrogen and oxygen atoms in total. The van der Waals surface area contributed by atoms with E-state index >= 15 is 0 Å². The van der Waals surface area contributed by atoms with E-state index in [1.165, 1.54) is 0 Å². The van der Waals surface area contributed by atoms with Crippen molar-refractivity contribution >= 4 is 17.4 Å². The van der Waals surface area contributed by atoms with E-state index in [1.54, 1.807) is 6.07 Å². The van der Waals surface area contributed by atoms with Gasteiger partial charge in [0, 0.05) is 12.0 Å². The highest BCUT2D eigenvalue weighted by atomic mass is 35.5. The van der Waals surface area contributed by atoms with Crippen molar-refractivity contribution in [3.63, 3.8) is 0 Å². The summed E-state index contributed by atoms with van der Waals surface area (Å²) in [5.74, 6) is 0.0861. The fraction of sp³-hybridized carbons (Fsp3) is 0.308. The number of rotatable bonds is 4. The third-order valence-electron chi connectivity index (χ3n) is 2.20. The maximum Gasteiger partial charge on any atom is 0.164 e. The van der Waals surface area contributed by atoms with Crippen LogP contribution in [0, 0.1) is 6.92 Å². The van der Waals surface area contributed by atoms with E-state index in [0.29, 0.717) is 17.0 Å². The zero-order chi connectivity index (χ0) is 11.4. The quantitative estimate of drug-likeness (QED) is 0.552. The van der Waals surface area contributed by atoms with E-state index in [2.05, 4.69) is 6.58 Å². The number of aryl methyl sites for hydroxylation is 1. The molecule has 1 aromatic rings. The minimum Gasteiger partial charge on any atom is -0.294 e. The van der Waals surface area contributed by atoms with Crippen LogP contribution in [0.5, 0.6) is 0 Å². The van der Waals surface area contributed by atoms with E-state index in [0.717, 1.165) is 17.6 Å². The molecule has 0 amide bonds. The first-order valence-electron chi connectivity index (χ1n) is 4.94. The van der Waals surface area contributed by atoms with Crippen molar-refractivity contribution in [2.75, 3.05) is 0 Å². The molecule has 0 saturated heterocycles. The third-order valence-corrected chi connectivity index (χ3v) is 2.52. The van der Waals surface area contributed by atoms with Gasteiger partial charge in [0.1, 0.15) is 0 Å². The Balaban J connectivity index is 2.78. The van der Waals surface area contributed by atoms with Crippen molar-refractivity contribution in [1.29, 1.82) is 0 Å². The van der Waals surface area contributed by atoms with Gasteiger partial charge in [-0.3, -0.25) is 4.79 Å². The van der Waals surface area contributed by atoms with Gasteiger partial charge in [-0.25, -0.2) is 0 Å². The molecule has 0 unspecified atom stereocenters. The molecule has 0 aliphatic carbocycles. The van der Waals surface area contributed by atoms with Gasteiger partial charge in [-0.05, 0) is 38.0 Å². The summed E-state index contributed by atoms with van der Waals surface area (Å²) in [5.41, 5.74) is 2.70. The molecule has 0 aliphatic heterocycles. The largest absolute Gasteiger partial charge is 0.294 e. The van der Waals surface area contributed by atoms with Crippen LogP contribution < -0.4 is 0 Å². The molecule has 0 aliphatic rings. The molecule has 0 bridgehead atoms. The Morgan fingerprint density at radius 3 is 2.60 bits per heavy atom. The Labute approximate surface area is 95.8 Å². The number of allylic oxidation sites excluding steroid dienone is 1. The first kappa shape index (κ1) is 12.0. The SMILES string of the molecule is C=C(C)CCC(=O)c1ccc(C)cc1Cl. The minimum absolute atomic E-state index is 0.0861. The van der Waals surface area contributed by atoms with Crippen molar-refractivity contribution in [1.82, 2.24) is 0 Å². The normalized spacial score (nSPS) is 10.1. The van der Waals surface area contributed by atoms with E-state index in [-0.39, 0.29) is 5.78 Å². The molecule has 0 saturated carbocycles. The average Bonchev–Trinajstić information content (AvgIpc) is 2.14. The molecular weight excluding hydrogens is 208 g/mol. The Morgan fingerprint density at radius 1 is 1.40 bits per heavy atom. The molecule has 0 fully saturated rings. The Kier molecular flexibility index (Phi) is 4.10. The molecule has 0 heterocycles. The summed E-state index contributed by atoms with van der Waals surface area (Å²) < 4.78 is 0. The molecule has 0 atom stereocenters. The van der Waals surface area contributed by atoms with Gasteiger partial charge >= 0.3 is 0 Å². The fourth-order valence-corrected chi connectivity index (χ4v) is 1.65. The van der Waals surface area contributed by atoms with Gasteiger partial charge in [-0.15, -0.1) is 6.58 Å². The molecule has 0 radical (unpaired) electrons. The molecule has 80 valence electrons. The summed E-state index contributed by atoms with van der Waals surface area (Å²) in [7, 11) is 0. The van der Waals surface area contributed by atoms with Crippen molar-refractivity contribution in [3.05, 3.63) is 46.5 Å². The fourth-order valence-electron chi connectivity index (χ4n) is 1.31. The number of hydrogen-bond donors (Lipinski definition) is 0. The molecule has 2 heteroatoms. The zero-order valence-electron chi connectivity index (χ0n) is 9.14. The second-order valence-corrected chi connectivity index (χ2v) is 4.27. The number of Topliss-reactive ketones (excluding diaryl/α,β-unsaturated/α-hetero) is 1. The topological polar surface area (TPSA) is 17.1 Å². The molecule has 1 rings (SSSR count). The highest BCUT2D eigenvalue weighted by molar-refractivity contribution is 6.34. The van der Waals surface area contributed by atoms with Gasteiger partial charge in [0.15, 0.2) is 5.78 Å². The summed E-state index contributed by atoms with van der Waals surface area (Å²) in [4.78, 5) is 11.8. The van der Waals surface area contributed by atoms with Crippen LogP contribution >= 0.6 is 11.6 Å². The van der Waals surface area contributed by atoms with Crippen molar-refractivity contribution in [3.8, 4) is 0 Å². The van der Waals surface area contributed by atoms with Crippen LogP contribution in [0.4, 0.5) is 0 Å². The van der Waals surface area contributed by atoms with E-state index in [4.69, 9.17) is 11.6 Å². The minimum atomic E-state index is 0.0861. The van der Waals surface area contributed by atoms with Gasteiger partial charge in [0.25, 0.3) is 0 Å². The zero-order valence-corrected chi connectivity index (χ0v) is 9.90. The Morgan fingerprint density at radius 2 is 2.07 bits per heavy atom. The van der Waals surface area contributed by atoms with Gasteiger partial charge in [-0.2, -0.15) is 0 Å². The van der Waals surface area contributed by atoms with Gasteiger partial charge in [0.2, 0.25) is 0 Å². The Hall–Kier alpha value is -1.08. The monoisotopic (exact) mass is 222 g/mol. The molecule has 0 spiro atoms. The second-order valence-electron chi connectivity index (χ2n) is 3.86. The lowest BCUT2D eigenvalue weighted by atomic mass is 10.0. The molecule has 1 aromatic carbocycles. The lowest BCUT2D eigenvalue weighted by Gasteiger charge is -2.04. The van der Waals surface area contributed by atoms with Crippen molar-refractivity contribution in [2.45, 2.75) is 26.7 Å². The molecular formula is C13H15ClO. The molecule has 15 heavy (non-hydrogen) atoms. The first-order chi connectivity index (χ1) is 7.00. The van der Waals surface area contributed by atoms with Crippen LogP contribution in [0.25, 0.3) is 0 Å². The van der Waals surface area contributed by atoms with E-state index < -0.39 is 0 Å². The summed E-state index contributed by atoms with van der Waals surface area (Å²) >= 11 is 6.00. The lowest BCUT2D eigenvalue weighted by Crippen LogP contribution is -2.00. The number of hydrogen-bond acceptors (Lipinski definition) is 1. The van der Waals surface area contributed by atoms with Crippen LogP contribution in [0.1, 0.15) is 35.7 Å². The van der Waals surface area contributed by atoms with Gasteiger partial charge in [-0.1, -0.05) is 23.2 Å². The van der Waals surface area contributed by atoms with Crippen LogP contribution in [-0.4, -0.2) is 5.78 Å². The highest BCUT2D eigenvalue weighted by Gasteiger charge is 2.09. The van der Waals surface area contributed by atoms with Crippen LogP contribution in [0.15, 0.2) is 30.4 Å². The standard InChI is InChI=1S/C13H15ClO/c1-9(2)4-7-13(15)11-6-5-10(3)8-12(11)14/h5-6,8H,1,4,7H2,2-3H3. The highest BCUT2D eigenvalue weighted by Crippen LogP contribution is 2.20. The second kappa shape index (κ2) is 5.13. The van der Waals surface area contributed by atoms with Crippen LogP contribution in [0.2, 0.25) is 5.02 Å². The summed E-state index contributed by atoms with van der Waals surface area (Å²) in [5, 5.41) is 0.543. The van der Waals surface area contributed by atoms with E-state index in [9.17, 15) is 4.79 Å². The first-order valence-corrected chi connectivity index (χ1v) is 5.32. The number of carbonyl (C=O) groups excluding carboxylic acids is 1. The van der Waals surface area contributed by atoms with Crippen LogP contribution in [-0.2, 0) is 0 Å². The summed E-state index contributed by atoms with van der Waals surface area (Å²) in [6, 6.07) is 5.51. The number of halogens is 1. The average molecular weight is 223 g/mol. The predicted octanol–water partition coefficient (Wildman–Crippen LogP) is 4.19. The van der Waals surface area contributed by atoms with Crippen LogP contribution in [0.3, 0.4) is 0 Å².